The third-order valence-electron chi connectivity index (χ3n) is 1.92. The number of aromatic nitrogens is 1. The normalized spacial score (nSPS) is 10.2. The molecular formula is C11H12N2S2. The average Bonchev–Trinajstić information content (AvgIpc) is 2.74. The van der Waals surface area contributed by atoms with Gasteiger partial charge in [-0.05, 0) is 19.1 Å². The van der Waals surface area contributed by atoms with Crippen LogP contribution in [0, 0.1) is 6.92 Å². The van der Waals surface area contributed by atoms with Gasteiger partial charge in [0.15, 0.2) is 5.13 Å². The van der Waals surface area contributed by atoms with E-state index in [1.807, 2.05) is 11.6 Å². The number of thioether (sulfide) groups is 1. The molecule has 2 aromatic rings. The van der Waals surface area contributed by atoms with Gasteiger partial charge in [0.1, 0.15) is 0 Å². The van der Waals surface area contributed by atoms with Gasteiger partial charge >= 0.3 is 0 Å². The van der Waals surface area contributed by atoms with E-state index in [2.05, 4.69) is 41.5 Å². The first-order valence-electron chi connectivity index (χ1n) is 4.67. The molecule has 0 spiro atoms. The highest BCUT2D eigenvalue weighted by Crippen LogP contribution is 2.19. The lowest BCUT2D eigenvalue weighted by molar-refractivity contribution is 1.33. The summed E-state index contributed by atoms with van der Waals surface area (Å²) in [7, 11) is 0. The summed E-state index contributed by atoms with van der Waals surface area (Å²) < 4.78 is 0. The maximum absolute atomic E-state index is 4.16. The highest BCUT2D eigenvalue weighted by molar-refractivity contribution is 7.99. The second-order valence-corrected chi connectivity index (χ2v) is 5.06. The molecule has 4 heteroatoms. The zero-order chi connectivity index (χ0) is 10.5. The summed E-state index contributed by atoms with van der Waals surface area (Å²) >= 11 is 3.41. The summed E-state index contributed by atoms with van der Waals surface area (Å²) in [6, 6.07) is 8.55. The van der Waals surface area contributed by atoms with Crippen molar-refractivity contribution in [1.82, 2.24) is 4.98 Å². The molecule has 1 N–H and O–H groups in total. The quantitative estimate of drug-likeness (QED) is 0.648. The smallest absolute Gasteiger partial charge is 0.183 e. The van der Waals surface area contributed by atoms with Gasteiger partial charge in [-0.1, -0.05) is 17.7 Å². The van der Waals surface area contributed by atoms with Crippen molar-refractivity contribution in [1.29, 1.82) is 0 Å². The second kappa shape index (κ2) is 5.19. The Labute approximate surface area is 97.8 Å². The topological polar surface area (TPSA) is 24.9 Å². The van der Waals surface area contributed by atoms with Crippen LogP contribution in [0.5, 0.6) is 0 Å². The van der Waals surface area contributed by atoms with Crippen molar-refractivity contribution in [2.45, 2.75) is 11.8 Å². The van der Waals surface area contributed by atoms with Crippen LogP contribution in [0.2, 0.25) is 0 Å². The van der Waals surface area contributed by atoms with E-state index in [1.54, 1.807) is 23.1 Å². The van der Waals surface area contributed by atoms with Crippen LogP contribution in [-0.4, -0.2) is 10.9 Å². The molecule has 0 radical (unpaired) electrons. The van der Waals surface area contributed by atoms with Crippen LogP contribution < -0.4 is 5.32 Å². The van der Waals surface area contributed by atoms with Crippen molar-refractivity contribution in [3.05, 3.63) is 41.4 Å². The molecule has 0 aliphatic carbocycles. The van der Waals surface area contributed by atoms with Gasteiger partial charge in [0.25, 0.3) is 0 Å². The van der Waals surface area contributed by atoms with E-state index in [0.29, 0.717) is 0 Å². The lowest BCUT2D eigenvalue weighted by atomic mass is 10.2. The lowest BCUT2D eigenvalue weighted by Crippen LogP contribution is -1.95. The van der Waals surface area contributed by atoms with E-state index in [0.717, 1.165) is 11.0 Å². The molecule has 2 rings (SSSR count). The van der Waals surface area contributed by atoms with E-state index in [9.17, 15) is 0 Å². The SMILES string of the molecule is Cc1ccc(SCNc2nccs2)cc1. The van der Waals surface area contributed by atoms with Crippen LogP contribution in [0.1, 0.15) is 5.56 Å². The zero-order valence-electron chi connectivity index (χ0n) is 8.43. The molecule has 78 valence electrons. The summed E-state index contributed by atoms with van der Waals surface area (Å²) in [6.07, 6.45) is 1.81. The summed E-state index contributed by atoms with van der Waals surface area (Å²) in [5.41, 5.74) is 1.30. The molecule has 1 heterocycles. The number of nitrogens with one attached hydrogen (secondary N) is 1. The van der Waals surface area contributed by atoms with Crippen LogP contribution in [0.4, 0.5) is 5.13 Å². The Morgan fingerprint density at radius 2 is 2.13 bits per heavy atom. The minimum absolute atomic E-state index is 0.858. The number of rotatable bonds is 4. The Kier molecular flexibility index (Phi) is 3.64. The number of benzene rings is 1. The fourth-order valence-corrected chi connectivity index (χ4v) is 2.45. The van der Waals surface area contributed by atoms with E-state index in [1.165, 1.54) is 10.5 Å². The molecule has 0 atom stereocenters. The third kappa shape index (κ3) is 3.25. The molecule has 0 saturated carbocycles. The van der Waals surface area contributed by atoms with Gasteiger partial charge < -0.3 is 5.32 Å². The fraction of sp³-hybridized carbons (Fsp3) is 0.182. The summed E-state index contributed by atoms with van der Waals surface area (Å²) in [6.45, 7) is 2.10. The summed E-state index contributed by atoms with van der Waals surface area (Å²) in [5, 5.41) is 6.21. The highest BCUT2D eigenvalue weighted by atomic mass is 32.2. The van der Waals surface area contributed by atoms with Crippen molar-refractivity contribution < 1.29 is 0 Å². The highest BCUT2D eigenvalue weighted by Gasteiger charge is 1.95. The standard InChI is InChI=1S/C11H12N2S2/c1-9-2-4-10(5-3-9)15-8-13-11-12-6-7-14-11/h2-7H,8H2,1H3,(H,12,13). The van der Waals surface area contributed by atoms with Gasteiger partial charge in [0.2, 0.25) is 0 Å². The Balaban J connectivity index is 1.81. The predicted molar refractivity (Wildman–Crippen MR) is 67.6 cm³/mol. The number of nitrogens with zero attached hydrogens (tertiary/aromatic N) is 1. The Hall–Kier alpha value is -1.00. The second-order valence-electron chi connectivity index (χ2n) is 3.12. The number of aryl methyl sites for hydroxylation is 1. The third-order valence-corrected chi connectivity index (χ3v) is 3.54. The number of hydrogen-bond acceptors (Lipinski definition) is 4. The average molecular weight is 236 g/mol. The van der Waals surface area contributed by atoms with Crippen LogP contribution in [0.25, 0.3) is 0 Å². The van der Waals surface area contributed by atoms with Crippen molar-refractivity contribution >= 4 is 28.2 Å². The van der Waals surface area contributed by atoms with Crippen molar-refractivity contribution in [2.75, 3.05) is 11.2 Å². The van der Waals surface area contributed by atoms with Gasteiger partial charge in [0, 0.05) is 16.5 Å². The van der Waals surface area contributed by atoms with Crippen molar-refractivity contribution in [3.8, 4) is 0 Å². The molecule has 0 amide bonds. The maximum atomic E-state index is 4.16. The van der Waals surface area contributed by atoms with E-state index < -0.39 is 0 Å². The Bertz CT molecular complexity index is 395. The van der Waals surface area contributed by atoms with Crippen LogP contribution in [0.15, 0.2) is 40.7 Å². The van der Waals surface area contributed by atoms with Crippen molar-refractivity contribution in [3.63, 3.8) is 0 Å². The Morgan fingerprint density at radius 1 is 1.33 bits per heavy atom. The molecular weight excluding hydrogens is 224 g/mol. The minimum Gasteiger partial charge on any atom is -0.352 e. The molecule has 1 aromatic heterocycles. The molecule has 15 heavy (non-hydrogen) atoms. The minimum atomic E-state index is 0.858. The maximum Gasteiger partial charge on any atom is 0.183 e. The predicted octanol–water partition coefficient (Wildman–Crippen LogP) is 3.61. The molecule has 1 aromatic carbocycles. The molecule has 0 aliphatic heterocycles. The zero-order valence-corrected chi connectivity index (χ0v) is 10.1. The molecule has 0 aliphatic rings. The first-order valence-corrected chi connectivity index (χ1v) is 6.54. The number of hydrogen-bond donors (Lipinski definition) is 1. The first kappa shape index (κ1) is 10.5. The summed E-state index contributed by atoms with van der Waals surface area (Å²) in [4.78, 5) is 5.44. The molecule has 0 saturated heterocycles. The van der Waals surface area contributed by atoms with Crippen molar-refractivity contribution in [2.24, 2.45) is 0 Å². The van der Waals surface area contributed by atoms with Gasteiger partial charge in [-0.25, -0.2) is 4.98 Å². The van der Waals surface area contributed by atoms with Crippen LogP contribution in [0.3, 0.4) is 0 Å². The lowest BCUT2D eigenvalue weighted by Gasteiger charge is -2.02. The number of anilines is 1. The molecule has 0 bridgehead atoms. The molecule has 0 fully saturated rings. The number of thiazole rings is 1. The van der Waals surface area contributed by atoms with E-state index in [-0.39, 0.29) is 0 Å². The largest absolute Gasteiger partial charge is 0.352 e. The van der Waals surface area contributed by atoms with E-state index in [4.69, 9.17) is 0 Å². The Morgan fingerprint density at radius 3 is 2.80 bits per heavy atom. The van der Waals surface area contributed by atoms with Gasteiger partial charge in [-0.15, -0.1) is 23.1 Å². The summed E-state index contributed by atoms with van der Waals surface area (Å²) in [5.74, 6) is 0.858. The molecule has 0 unspecified atom stereocenters. The van der Waals surface area contributed by atoms with Gasteiger partial charge in [0.05, 0.1) is 5.88 Å². The van der Waals surface area contributed by atoms with E-state index >= 15 is 0 Å². The first-order chi connectivity index (χ1) is 7.34. The van der Waals surface area contributed by atoms with Crippen LogP contribution >= 0.6 is 23.1 Å². The fourth-order valence-electron chi connectivity index (χ4n) is 1.13. The monoisotopic (exact) mass is 236 g/mol. The van der Waals surface area contributed by atoms with Crippen LogP contribution in [-0.2, 0) is 0 Å². The van der Waals surface area contributed by atoms with Gasteiger partial charge in [-0.2, -0.15) is 0 Å². The van der Waals surface area contributed by atoms with Gasteiger partial charge in [-0.3, -0.25) is 0 Å². The molecule has 2 nitrogen and oxygen atoms in total.